The van der Waals surface area contributed by atoms with Crippen LogP contribution in [-0.2, 0) is 0 Å². The zero-order chi connectivity index (χ0) is 15.7. The van der Waals surface area contributed by atoms with Crippen molar-refractivity contribution in [1.29, 1.82) is 0 Å². The van der Waals surface area contributed by atoms with Gasteiger partial charge in [-0.25, -0.2) is 0 Å². The van der Waals surface area contributed by atoms with Crippen molar-refractivity contribution in [2.45, 2.75) is 0 Å². The Morgan fingerprint density at radius 3 is 2.50 bits per heavy atom. The van der Waals surface area contributed by atoms with E-state index in [1.54, 1.807) is 24.3 Å². The molecule has 3 rings (SSSR count). The summed E-state index contributed by atoms with van der Waals surface area (Å²) in [4.78, 5) is 11.5. The van der Waals surface area contributed by atoms with Gasteiger partial charge in [-0.2, -0.15) is 0 Å². The molecular weight excluding hydrogens is 299 g/mol. The molecule has 0 bridgehead atoms. The summed E-state index contributed by atoms with van der Waals surface area (Å²) in [6.45, 7) is 0. The number of phenolic OH excluding ortho intramolecular Hbond substituents is 1. The number of phenols is 1. The van der Waals surface area contributed by atoms with Crippen LogP contribution in [0.15, 0.2) is 51.7 Å². The Morgan fingerprint density at radius 1 is 1.05 bits per heavy atom. The van der Waals surface area contributed by atoms with Crippen LogP contribution in [0.1, 0.15) is 0 Å². The average molecular weight is 310 g/mol. The van der Waals surface area contributed by atoms with Crippen LogP contribution in [0.4, 0.5) is 0 Å². The molecule has 0 amide bonds. The van der Waals surface area contributed by atoms with Gasteiger partial charge in [0.05, 0.1) is 0 Å². The van der Waals surface area contributed by atoms with Gasteiger partial charge in [-0.15, -0.1) is 0 Å². The fourth-order valence-corrected chi connectivity index (χ4v) is 2.38. The molecule has 22 heavy (non-hydrogen) atoms. The van der Waals surface area contributed by atoms with Crippen LogP contribution in [0, 0.1) is 0 Å². The van der Waals surface area contributed by atoms with Gasteiger partial charge in [-0.1, -0.05) is 0 Å². The Bertz CT molecular complexity index is 856. The zero-order valence-electron chi connectivity index (χ0n) is 11.7. The first-order valence-electron chi connectivity index (χ1n) is 6.44. The summed E-state index contributed by atoms with van der Waals surface area (Å²) in [7, 11) is 1.54. The zero-order valence-corrected chi connectivity index (χ0v) is 12.9. The van der Waals surface area contributed by atoms with Crippen LogP contribution in [-0.4, -0.2) is 28.8 Å². The van der Waals surface area contributed by atoms with E-state index >= 15 is 0 Å². The normalized spacial score (nSPS) is 10.7. The van der Waals surface area contributed by atoms with Gasteiger partial charge >= 0.3 is 134 Å². The predicted octanol–water partition coefficient (Wildman–Crippen LogP) is 2.59. The molecule has 0 unspecified atom stereocenters. The van der Waals surface area contributed by atoms with E-state index in [1.165, 1.54) is 25.3 Å². The molecule has 5 nitrogen and oxygen atoms in total. The van der Waals surface area contributed by atoms with Crippen molar-refractivity contribution < 1.29 is 18.0 Å². The SMILES string of the molecule is COc1cc2ccc(=O)cc-2oc1-c1ccc(O)c([O][Al+2])c1. The van der Waals surface area contributed by atoms with E-state index in [2.05, 4.69) is 16.6 Å². The molecule has 1 aromatic carbocycles. The molecule has 2 aliphatic rings. The van der Waals surface area contributed by atoms with Crippen molar-refractivity contribution >= 4 is 16.6 Å². The molecule has 1 aliphatic heterocycles. The summed E-state index contributed by atoms with van der Waals surface area (Å²) in [5.41, 5.74) is 1.29. The van der Waals surface area contributed by atoms with E-state index in [9.17, 15) is 9.90 Å². The Kier molecular flexibility index (Phi) is 3.80. The number of aromatic hydroxyl groups is 1. The van der Waals surface area contributed by atoms with Crippen molar-refractivity contribution in [1.82, 2.24) is 0 Å². The van der Waals surface area contributed by atoms with Crippen LogP contribution < -0.4 is 14.0 Å². The molecule has 6 heteroatoms. The number of ether oxygens (including phenoxy) is 1. The monoisotopic (exact) mass is 310 g/mol. The maximum absolute atomic E-state index is 11.5. The molecule has 0 saturated carbocycles. The standard InChI is InChI=1S/C16H12O5.Al/c1-20-15-7-9-2-4-11(17)8-14(9)21-16(15)10-3-5-12(18)13(19)6-10;/h2-8,18-19H,1H3;/q;+3/p-1. The third-order valence-electron chi connectivity index (χ3n) is 3.28. The second kappa shape index (κ2) is 5.76. The Labute approximate surface area is 134 Å². The van der Waals surface area contributed by atoms with E-state index < -0.39 is 0 Å². The van der Waals surface area contributed by atoms with Crippen molar-refractivity contribution in [3.63, 3.8) is 0 Å². The van der Waals surface area contributed by atoms with Crippen molar-refractivity contribution in [2.24, 2.45) is 0 Å². The van der Waals surface area contributed by atoms with Gasteiger partial charge < -0.3 is 0 Å². The van der Waals surface area contributed by atoms with Crippen LogP contribution in [0.25, 0.3) is 22.6 Å². The van der Waals surface area contributed by atoms with E-state index in [0.717, 1.165) is 5.56 Å². The number of fused-ring (bicyclic) bond motifs is 1. The quantitative estimate of drug-likeness (QED) is 0.753. The molecule has 1 aromatic rings. The van der Waals surface area contributed by atoms with Gasteiger partial charge in [0.25, 0.3) is 0 Å². The summed E-state index contributed by atoms with van der Waals surface area (Å²) in [6, 6.07) is 11.2. The van der Waals surface area contributed by atoms with Gasteiger partial charge in [0, 0.05) is 0 Å². The first kappa shape index (κ1) is 14.5. The van der Waals surface area contributed by atoms with Crippen molar-refractivity contribution in [2.75, 3.05) is 7.11 Å². The fourth-order valence-electron chi connectivity index (χ4n) is 2.19. The summed E-state index contributed by atoms with van der Waals surface area (Å²) in [5, 5.41) is 9.67. The molecular formula is C16H11AlO5+2. The van der Waals surface area contributed by atoms with Crippen LogP contribution >= 0.6 is 0 Å². The molecule has 0 radical (unpaired) electrons. The molecule has 1 aliphatic carbocycles. The average Bonchev–Trinajstić information content (AvgIpc) is 2.54. The first-order valence-corrected chi connectivity index (χ1v) is 6.91. The van der Waals surface area contributed by atoms with E-state index in [1.807, 2.05) is 0 Å². The van der Waals surface area contributed by atoms with Gasteiger partial charge in [-0.3, -0.25) is 0 Å². The maximum atomic E-state index is 11.5. The van der Waals surface area contributed by atoms with E-state index in [4.69, 9.17) is 12.9 Å². The summed E-state index contributed by atoms with van der Waals surface area (Å²) in [5.74, 6) is 1.73. The molecule has 1 heterocycles. The predicted molar refractivity (Wildman–Crippen MR) is 81.6 cm³/mol. The Hall–Kier alpha value is -2.42. The van der Waals surface area contributed by atoms with Gasteiger partial charge in [0.15, 0.2) is 0 Å². The number of hydrogen-bond donors (Lipinski definition) is 1. The molecule has 0 spiro atoms. The van der Waals surface area contributed by atoms with Crippen LogP contribution in [0.3, 0.4) is 0 Å². The second-order valence-corrected chi connectivity index (χ2v) is 4.88. The van der Waals surface area contributed by atoms with Crippen molar-refractivity contribution in [3.05, 3.63) is 52.7 Å². The summed E-state index contributed by atoms with van der Waals surface area (Å²) < 4.78 is 16.2. The molecule has 106 valence electrons. The fraction of sp³-hybridized carbons (Fsp3) is 0.0625. The van der Waals surface area contributed by atoms with E-state index in [0.29, 0.717) is 22.8 Å². The minimum absolute atomic E-state index is 0.0142. The van der Waals surface area contributed by atoms with Gasteiger partial charge in [0.2, 0.25) is 0 Å². The number of hydrogen-bond acceptors (Lipinski definition) is 5. The molecule has 0 aromatic heterocycles. The van der Waals surface area contributed by atoms with Crippen LogP contribution in [0.2, 0.25) is 0 Å². The molecule has 1 N–H and O–H groups in total. The molecule has 0 fully saturated rings. The number of methoxy groups -OCH3 is 1. The Morgan fingerprint density at radius 2 is 1.77 bits per heavy atom. The molecule has 0 atom stereocenters. The number of benzene rings is 2. The van der Waals surface area contributed by atoms with Gasteiger partial charge in [-0.05, 0) is 0 Å². The van der Waals surface area contributed by atoms with Gasteiger partial charge in [0.1, 0.15) is 0 Å². The summed E-state index contributed by atoms with van der Waals surface area (Å²) in [6.07, 6.45) is 0. The summed E-state index contributed by atoms with van der Waals surface area (Å²) >= 11 is 2.08. The second-order valence-electron chi connectivity index (χ2n) is 4.64. The number of rotatable bonds is 3. The third kappa shape index (κ3) is 2.55. The first-order chi connectivity index (χ1) is 10.6. The Balaban J connectivity index is 2.25. The molecule has 0 saturated heterocycles. The van der Waals surface area contributed by atoms with Crippen molar-refractivity contribution in [3.8, 4) is 39.9 Å². The van der Waals surface area contributed by atoms with E-state index in [-0.39, 0.29) is 16.9 Å². The van der Waals surface area contributed by atoms with Crippen LogP contribution in [0.5, 0.6) is 17.2 Å². The topological polar surface area (TPSA) is 68.9 Å². The minimum atomic E-state index is -0.132. The third-order valence-corrected chi connectivity index (χ3v) is 3.53.